The number of azo groups is 1. The molecule has 3 aliphatic rings. The van der Waals surface area contributed by atoms with E-state index in [9.17, 15) is 9.59 Å². The molecule has 196 valence electrons. The molecule has 6 rings (SSSR count). The van der Waals surface area contributed by atoms with Gasteiger partial charge in [0.25, 0.3) is 11.8 Å². The average molecular weight is 512 g/mol. The van der Waals surface area contributed by atoms with E-state index in [4.69, 9.17) is 0 Å². The van der Waals surface area contributed by atoms with Crippen molar-refractivity contribution in [2.45, 2.75) is 44.7 Å². The lowest BCUT2D eigenvalue weighted by molar-refractivity contribution is 0.0708. The van der Waals surface area contributed by atoms with E-state index in [2.05, 4.69) is 35.3 Å². The quantitative estimate of drug-likeness (QED) is 0.460. The molecule has 2 saturated heterocycles. The molecule has 5 heterocycles. The van der Waals surface area contributed by atoms with Crippen molar-refractivity contribution in [3.8, 4) is 11.3 Å². The highest BCUT2D eigenvalue weighted by molar-refractivity contribution is 5.97. The fourth-order valence-electron chi connectivity index (χ4n) is 5.75. The predicted octanol–water partition coefficient (Wildman–Crippen LogP) is 4.35. The second-order valence-electron chi connectivity index (χ2n) is 10.4. The van der Waals surface area contributed by atoms with Crippen molar-refractivity contribution in [3.05, 3.63) is 71.0 Å². The van der Waals surface area contributed by atoms with Crippen LogP contribution >= 0.6 is 0 Å². The van der Waals surface area contributed by atoms with E-state index in [0.29, 0.717) is 30.5 Å². The number of aromatic nitrogens is 2. The van der Waals surface area contributed by atoms with Gasteiger partial charge in [-0.1, -0.05) is 12.1 Å². The van der Waals surface area contributed by atoms with E-state index >= 15 is 0 Å². The Morgan fingerprint density at radius 2 is 1.89 bits per heavy atom. The molecule has 0 radical (unpaired) electrons. The molecule has 0 aliphatic carbocycles. The molecule has 3 aromatic rings. The Morgan fingerprint density at radius 3 is 2.71 bits per heavy atom. The number of nitrogens with one attached hydrogen (secondary N) is 2. The fraction of sp³-hybridized carbons (Fsp3) is 0.414. The zero-order valence-corrected chi connectivity index (χ0v) is 21.5. The van der Waals surface area contributed by atoms with Crippen LogP contribution in [-0.4, -0.2) is 70.3 Å². The molecule has 1 atom stereocenters. The van der Waals surface area contributed by atoms with Crippen LogP contribution in [0, 0.1) is 0 Å². The molecular formula is C29H33N7O2. The molecule has 0 bridgehead atoms. The summed E-state index contributed by atoms with van der Waals surface area (Å²) in [5, 5.41) is 11.5. The standard InChI is InChI=1S/C29H33N7O2/c37-28-24-17-26(33-25(24)10-12-31-28)22-9-11-30-27(16-22)34-32-18-20-5-7-21(8-6-20)29(38)36-15-3-4-23(36)19-35-13-1-2-14-35/h5-9,11,16-17,23,33H,1-4,10,12-15,18-19H2,(H,31,37). The van der Waals surface area contributed by atoms with E-state index in [1.807, 2.05) is 42.5 Å². The summed E-state index contributed by atoms with van der Waals surface area (Å²) < 4.78 is 0. The Bertz CT molecular complexity index is 1340. The molecular weight excluding hydrogens is 478 g/mol. The molecule has 1 aromatic carbocycles. The van der Waals surface area contributed by atoms with Crippen LogP contribution in [0.15, 0.2) is 58.9 Å². The zero-order chi connectivity index (χ0) is 25.9. The minimum absolute atomic E-state index is 0.0437. The largest absolute Gasteiger partial charge is 0.358 e. The summed E-state index contributed by atoms with van der Waals surface area (Å²) in [5.41, 5.74) is 5.14. The third-order valence-electron chi connectivity index (χ3n) is 7.79. The topological polar surface area (TPSA) is 106 Å². The van der Waals surface area contributed by atoms with Crippen LogP contribution in [0.1, 0.15) is 57.7 Å². The molecule has 0 saturated carbocycles. The maximum Gasteiger partial charge on any atom is 0.254 e. The molecule has 38 heavy (non-hydrogen) atoms. The van der Waals surface area contributed by atoms with Gasteiger partial charge in [-0.05, 0) is 74.7 Å². The van der Waals surface area contributed by atoms with Gasteiger partial charge in [-0.25, -0.2) is 4.98 Å². The number of pyridine rings is 1. The van der Waals surface area contributed by atoms with Crippen LogP contribution in [0.4, 0.5) is 5.82 Å². The third kappa shape index (κ3) is 5.24. The summed E-state index contributed by atoms with van der Waals surface area (Å²) >= 11 is 0. The first kappa shape index (κ1) is 24.5. The van der Waals surface area contributed by atoms with Gasteiger partial charge in [0.15, 0.2) is 5.82 Å². The SMILES string of the molecule is O=C1NCCc2[nH]c(-c3ccnc(N=NCc4ccc(C(=O)N5CCCC5CN5CCCC5)cc4)c3)cc21. The number of carbonyl (C=O) groups is 2. The number of fused-ring (bicyclic) bond motifs is 1. The highest BCUT2D eigenvalue weighted by atomic mass is 16.2. The number of aromatic amines is 1. The minimum atomic E-state index is -0.0437. The van der Waals surface area contributed by atoms with Gasteiger partial charge in [-0.15, -0.1) is 5.11 Å². The normalized spacial score (nSPS) is 19.7. The number of rotatable bonds is 7. The van der Waals surface area contributed by atoms with Gasteiger partial charge in [0.1, 0.15) is 0 Å². The van der Waals surface area contributed by atoms with Crippen molar-refractivity contribution >= 4 is 17.6 Å². The summed E-state index contributed by atoms with van der Waals surface area (Å²) in [6, 6.07) is 13.7. The van der Waals surface area contributed by atoms with Crippen molar-refractivity contribution in [3.63, 3.8) is 0 Å². The van der Waals surface area contributed by atoms with Crippen LogP contribution in [0.3, 0.4) is 0 Å². The first-order valence-corrected chi connectivity index (χ1v) is 13.6. The maximum absolute atomic E-state index is 13.2. The van der Waals surface area contributed by atoms with Gasteiger partial charge in [0.05, 0.1) is 12.1 Å². The molecule has 3 aliphatic heterocycles. The van der Waals surface area contributed by atoms with Crippen molar-refractivity contribution in [1.82, 2.24) is 25.1 Å². The lowest BCUT2D eigenvalue weighted by Crippen LogP contribution is -2.42. The Labute approximate surface area is 222 Å². The Balaban J connectivity index is 1.07. The van der Waals surface area contributed by atoms with Crippen molar-refractivity contribution in [2.75, 3.05) is 32.7 Å². The van der Waals surface area contributed by atoms with E-state index in [1.54, 1.807) is 6.20 Å². The molecule has 1 unspecified atom stereocenters. The van der Waals surface area contributed by atoms with Crippen LogP contribution in [-0.2, 0) is 13.0 Å². The Hall–Kier alpha value is -3.85. The van der Waals surface area contributed by atoms with Crippen LogP contribution in [0.25, 0.3) is 11.3 Å². The minimum Gasteiger partial charge on any atom is -0.358 e. The van der Waals surface area contributed by atoms with E-state index in [0.717, 1.165) is 73.5 Å². The van der Waals surface area contributed by atoms with Crippen molar-refractivity contribution in [2.24, 2.45) is 10.2 Å². The molecule has 2 aromatic heterocycles. The number of likely N-dealkylation sites (tertiary alicyclic amines) is 2. The van der Waals surface area contributed by atoms with Gasteiger partial charge >= 0.3 is 0 Å². The molecule has 9 heteroatoms. The van der Waals surface area contributed by atoms with Crippen LogP contribution < -0.4 is 5.32 Å². The highest BCUT2D eigenvalue weighted by Crippen LogP contribution is 2.26. The lowest BCUT2D eigenvalue weighted by atomic mass is 10.1. The summed E-state index contributed by atoms with van der Waals surface area (Å²) in [6.07, 6.45) is 7.21. The highest BCUT2D eigenvalue weighted by Gasteiger charge is 2.31. The number of hydrogen-bond acceptors (Lipinski definition) is 6. The second kappa shape index (κ2) is 10.9. The summed E-state index contributed by atoms with van der Waals surface area (Å²) in [5.74, 6) is 0.589. The number of carbonyl (C=O) groups excluding carboxylic acids is 2. The number of hydrogen-bond donors (Lipinski definition) is 2. The fourth-order valence-corrected chi connectivity index (χ4v) is 5.75. The summed E-state index contributed by atoms with van der Waals surface area (Å²) in [7, 11) is 0. The zero-order valence-electron chi connectivity index (χ0n) is 21.5. The molecule has 2 N–H and O–H groups in total. The number of benzene rings is 1. The Kier molecular flexibility index (Phi) is 7.00. The van der Waals surface area contributed by atoms with Crippen molar-refractivity contribution < 1.29 is 9.59 Å². The predicted molar refractivity (Wildman–Crippen MR) is 144 cm³/mol. The lowest BCUT2D eigenvalue weighted by Gasteiger charge is -2.28. The maximum atomic E-state index is 13.2. The Morgan fingerprint density at radius 1 is 1.05 bits per heavy atom. The monoisotopic (exact) mass is 511 g/mol. The number of H-pyrrole nitrogens is 1. The van der Waals surface area contributed by atoms with E-state index in [1.165, 1.54) is 12.8 Å². The van der Waals surface area contributed by atoms with Crippen LogP contribution in [0.5, 0.6) is 0 Å². The van der Waals surface area contributed by atoms with Gasteiger partial charge in [0, 0.05) is 60.8 Å². The van der Waals surface area contributed by atoms with Crippen LogP contribution in [0.2, 0.25) is 0 Å². The van der Waals surface area contributed by atoms with Gasteiger partial charge in [-0.2, -0.15) is 5.11 Å². The first-order chi connectivity index (χ1) is 18.6. The van der Waals surface area contributed by atoms with Gasteiger partial charge in [-0.3, -0.25) is 9.59 Å². The molecule has 0 spiro atoms. The number of nitrogens with zero attached hydrogens (tertiary/aromatic N) is 5. The number of amides is 2. The third-order valence-corrected chi connectivity index (χ3v) is 7.79. The van der Waals surface area contributed by atoms with Crippen molar-refractivity contribution in [1.29, 1.82) is 0 Å². The second-order valence-corrected chi connectivity index (χ2v) is 10.4. The molecule has 2 fully saturated rings. The summed E-state index contributed by atoms with van der Waals surface area (Å²) in [4.78, 5) is 37.5. The average Bonchev–Trinajstić information content (AvgIpc) is 3.71. The van der Waals surface area contributed by atoms with Gasteiger partial charge in [0.2, 0.25) is 0 Å². The van der Waals surface area contributed by atoms with E-state index in [-0.39, 0.29) is 11.8 Å². The van der Waals surface area contributed by atoms with E-state index < -0.39 is 0 Å². The summed E-state index contributed by atoms with van der Waals surface area (Å²) in [6.45, 7) is 5.22. The molecule has 2 amide bonds. The first-order valence-electron chi connectivity index (χ1n) is 13.6. The molecule has 9 nitrogen and oxygen atoms in total. The smallest absolute Gasteiger partial charge is 0.254 e. The van der Waals surface area contributed by atoms with Gasteiger partial charge < -0.3 is 20.1 Å².